The first-order valence-electron chi connectivity index (χ1n) is 4.81. The number of hydrogen-bond donors (Lipinski definition) is 2. The Morgan fingerprint density at radius 2 is 2.31 bits per heavy atom. The van der Waals surface area contributed by atoms with Gasteiger partial charge in [-0.2, -0.15) is 0 Å². The van der Waals surface area contributed by atoms with Crippen molar-refractivity contribution >= 4 is 6.21 Å². The molecule has 1 rings (SSSR count). The summed E-state index contributed by atoms with van der Waals surface area (Å²) in [4.78, 5) is 0. The molecule has 0 aromatic heterocycles. The molecule has 0 radical (unpaired) electrons. The second kappa shape index (κ2) is 4.30. The number of hydrogen-bond acceptors (Lipinski definition) is 3. The van der Waals surface area contributed by atoms with Crippen LogP contribution in [0.2, 0.25) is 0 Å². The highest BCUT2D eigenvalue weighted by molar-refractivity contribution is 5.68. The first-order chi connectivity index (χ1) is 6.22. The highest BCUT2D eigenvalue weighted by Crippen LogP contribution is 2.43. The van der Waals surface area contributed by atoms with E-state index in [4.69, 9.17) is 15.9 Å². The molecule has 3 heteroatoms. The second-order valence-electron chi connectivity index (χ2n) is 3.73. The molecule has 0 saturated heterocycles. The molecule has 0 heterocycles. The third kappa shape index (κ3) is 2.47. The van der Waals surface area contributed by atoms with Crippen LogP contribution in [0.1, 0.15) is 32.6 Å². The minimum absolute atomic E-state index is 0.356. The zero-order chi connectivity index (χ0) is 9.73. The first-order valence-corrected chi connectivity index (χ1v) is 4.81. The van der Waals surface area contributed by atoms with Crippen molar-refractivity contribution in [1.29, 1.82) is 5.41 Å². The van der Waals surface area contributed by atoms with Crippen molar-refractivity contribution in [2.75, 3.05) is 6.61 Å². The average Bonchev–Trinajstić information content (AvgIpc) is 2.04. The molecule has 0 aromatic carbocycles. The van der Waals surface area contributed by atoms with Gasteiger partial charge < -0.3 is 15.9 Å². The number of nitrogens with two attached hydrogens (primary N) is 1. The van der Waals surface area contributed by atoms with Gasteiger partial charge in [-0.3, -0.25) is 0 Å². The lowest BCUT2D eigenvalue weighted by atomic mass is 9.68. The molecule has 0 aliphatic heterocycles. The summed E-state index contributed by atoms with van der Waals surface area (Å²) in [5.41, 5.74) is 5.89. The Balaban J connectivity index is 2.32. The summed E-state index contributed by atoms with van der Waals surface area (Å²) >= 11 is 0. The Labute approximate surface area is 79.5 Å². The standard InChI is InChI=1S/C10H18N2O/c1-2-10(5-3-6-10)8-13-9(12)4-7-11/h4,7,11H,2-3,5-6,8,12H2,1H3. The Hall–Kier alpha value is -0.990. The maximum Gasteiger partial charge on any atom is 0.185 e. The van der Waals surface area contributed by atoms with Crippen molar-refractivity contribution in [1.82, 2.24) is 0 Å². The molecule has 3 N–H and O–H groups in total. The Morgan fingerprint density at radius 1 is 1.62 bits per heavy atom. The van der Waals surface area contributed by atoms with Crippen molar-refractivity contribution < 1.29 is 4.74 Å². The molecule has 13 heavy (non-hydrogen) atoms. The van der Waals surface area contributed by atoms with Crippen LogP contribution in [-0.2, 0) is 4.74 Å². The molecule has 1 saturated carbocycles. The largest absolute Gasteiger partial charge is 0.479 e. The number of rotatable bonds is 5. The van der Waals surface area contributed by atoms with E-state index in [1.807, 2.05) is 0 Å². The van der Waals surface area contributed by atoms with E-state index >= 15 is 0 Å². The Kier molecular flexibility index (Phi) is 3.34. The predicted molar refractivity (Wildman–Crippen MR) is 53.6 cm³/mol. The van der Waals surface area contributed by atoms with Crippen molar-refractivity contribution in [3.05, 3.63) is 12.0 Å². The molecule has 1 fully saturated rings. The van der Waals surface area contributed by atoms with Crippen molar-refractivity contribution in [2.45, 2.75) is 32.6 Å². The quantitative estimate of drug-likeness (QED) is 0.505. The van der Waals surface area contributed by atoms with E-state index in [0.29, 0.717) is 17.9 Å². The van der Waals surface area contributed by atoms with Gasteiger partial charge in [0.15, 0.2) is 5.88 Å². The lowest BCUT2D eigenvalue weighted by Crippen LogP contribution is -2.34. The van der Waals surface area contributed by atoms with Gasteiger partial charge in [-0.05, 0) is 19.3 Å². The summed E-state index contributed by atoms with van der Waals surface area (Å²) in [6.45, 7) is 2.90. The third-order valence-corrected chi connectivity index (χ3v) is 2.96. The molecule has 3 nitrogen and oxygen atoms in total. The maximum atomic E-state index is 6.81. The fourth-order valence-electron chi connectivity index (χ4n) is 1.64. The fourth-order valence-corrected chi connectivity index (χ4v) is 1.64. The van der Waals surface area contributed by atoms with E-state index in [2.05, 4.69) is 6.92 Å². The van der Waals surface area contributed by atoms with Gasteiger partial charge in [0, 0.05) is 17.7 Å². The summed E-state index contributed by atoms with van der Waals surface area (Å²) in [6.07, 6.45) is 7.59. The van der Waals surface area contributed by atoms with Gasteiger partial charge in [-0.1, -0.05) is 13.3 Å². The van der Waals surface area contributed by atoms with Gasteiger partial charge in [-0.25, -0.2) is 0 Å². The van der Waals surface area contributed by atoms with E-state index in [9.17, 15) is 0 Å². The average molecular weight is 182 g/mol. The maximum absolute atomic E-state index is 6.81. The van der Waals surface area contributed by atoms with Crippen molar-refractivity contribution in [3.63, 3.8) is 0 Å². The van der Waals surface area contributed by atoms with Crippen molar-refractivity contribution in [3.8, 4) is 0 Å². The van der Waals surface area contributed by atoms with Gasteiger partial charge in [0.2, 0.25) is 0 Å². The highest BCUT2D eigenvalue weighted by atomic mass is 16.5. The molecular formula is C10H18N2O. The van der Waals surface area contributed by atoms with E-state index in [1.54, 1.807) is 0 Å². The lowest BCUT2D eigenvalue weighted by Gasteiger charge is -2.40. The van der Waals surface area contributed by atoms with Gasteiger partial charge in [0.05, 0.1) is 6.61 Å². The first kappa shape index (κ1) is 10.1. The van der Waals surface area contributed by atoms with Gasteiger partial charge in [-0.15, -0.1) is 0 Å². The topological polar surface area (TPSA) is 59.1 Å². The van der Waals surface area contributed by atoms with Crippen molar-refractivity contribution in [2.24, 2.45) is 11.1 Å². The lowest BCUT2D eigenvalue weighted by molar-refractivity contribution is 0.0201. The normalized spacial score (nSPS) is 20.5. The molecule has 74 valence electrons. The summed E-state index contributed by atoms with van der Waals surface area (Å²) in [7, 11) is 0. The summed E-state index contributed by atoms with van der Waals surface area (Å²) in [5, 5.41) is 6.81. The monoisotopic (exact) mass is 182 g/mol. The van der Waals surface area contributed by atoms with E-state index < -0.39 is 0 Å². The second-order valence-corrected chi connectivity index (χ2v) is 3.73. The molecule has 0 atom stereocenters. The number of nitrogens with one attached hydrogen (secondary N) is 1. The van der Waals surface area contributed by atoms with Gasteiger partial charge in [0.1, 0.15) is 0 Å². The Bertz CT molecular complexity index is 201. The van der Waals surface area contributed by atoms with Crippen LogP contribution in [-0.4, -0.2) is 12.8 Å². The summed E-state index contributed by atoms with van der Waals surface area (Å²) in [6, 6.07) is 0. The number of ether oxygens (including phenoxy) is 1. The zero-order valence-corrected chi connectivity index (χ0v) is 8.18. The van der Waals surface area contributed by atoms with Gasteiger partial charge >= 0.3 is 0 Å². The third-order valence-electron chi connectivity index (χ3n) is 2.96. The molecule has 1 aliphatic rings. The van der Waals surface area contributed by atoms with Crippen LogP contribution in [0.3, 0.4) is 0 Å². The van der Waals surface area contributed by atoms with Gasteiger partial charge in [0.25, 0.3) is 0 Å². The molecule has 1 aliphatic carbocycles. The molecule has 0 bridgehead atoms. The molecule has 0 amide bonds. The zero-order valence-electron chi connectivity index (χ0n) is 8.18. The van der Waals surface area contributed by atoms with E-state index in [-0.39, 0.29) is 0 Å². The minimum atomic E-state index is 0.356. The molecule has 0 unspecified atom stereocenters. The van der Waals surface area contributed by atoms with Crippen LogP contribution in [0.25, 0.3) is 0 Å². The summed E-state index contributed by atoms with van der Waals surface area (Å²) < 4.78 is 5.37. The SMILES string of the molecule is CCC1(COC(N)=CC=N)CCC1. The highest BCUT2D eigenvalue weighted by Gasteiger charge is 2.35. The van der Waals surface area contributed by atoms with Crippen LogP contribution in [0, 0.1) is 10.8 Å². The summed E-state index contributed by atoms with van der Waals surface area (Å²) in [5.74, 6) is 0.356. The van der Waals surface area contributed by atoms with Crippen LogP contribution >= 0.6 is 0 Å². The smallest absolute Gasteiger partial charge is 0.185 e. The fraction of sp³-hybridized carbons (Fsp3) is 0.700. The molecular weight excluding hydrogens is 164 g/mol. The predicted octanol–water partition coefficient (Wildman–Crippen LogP) is 2.03. The van der Waals surface area contributed by atoms with Crippen LogP contribution in [0.5, 0.6) is 0 Å². The van der Waals surface area contributed by atoms with Crippen LogP contribution in [0.15, 0.2) is 12.0 Å². The molecule has 0 spiro atoms. The number of allylic oxidation sites excluding steroid dienone is 1. The van der Waals surface area contributed by atoms with E-state index in [1.165, 1.54) is 25.3 Å². The van der Waals surface area contributed by atoms with Crippen LogP contribution in [0.4, 0.5) is 0 Å². The minimum Gasteiger partial charge on any atom is -0.479 e. The Morgan fingerprint density at radius 3 is 2.69 bits per heavy atom. The van der Waals surface area contributed by atoms with E-state index in [0.717, 1.165) is 12.6 Å². The molecule has 0 aromatic rings. The van der Waals surface area contributed by atoms with Crippen LogP contribution < -0.4 is 5.73 Å².